The van der Waals surface area contributed by atoms with Crippen LogP contribution in [-0.2, 0) is 22.0 Å². The molecule has 2 atom stereocenters. The molecule has 0 fully saturated rings. The Morgan fingerprint density at radius 2 is 1.17 bits per heavy atom. The van der Waals surface area contributed by atoms with Crippen molar-refractivity contribution in [3.63, 3.8) is 0 Å². The van der Waals surface area contributed by atoms with Crippen molar-refractivity contribution in [3.8, 4) is 0 Å². The first-order valence-electron chi connectivity index (χ1n) is 7.64. The molecule has 1 N–H and O–H groups in total. The van der Waals surface area contributed by atoms with Crippen molar-refractivity contribution in [1.82, 2.24) is 3.71 Å². The predicted molar refractivity (Wildman–Crippen MR) is 98.2 cm³/mol. The standard InChI is InChI=1S/C18H23NO3S2/c1-14-5-9-16(10-6-14)23(21)19(18(3,4)13-20)24(22)17-11-7-15(2)8-12-17/h5-12,20H,13H2,1-4H3. The fourth-order valence-corrected chi connectivity index (χ4v) is 5.21. The largest absolute Gasteiger partial charge is 0.394 e. The zero-order chi connectivity index (χ0) is 17.9. The lowest BCUT2D eigenvalue weighted by Crippen LogP contribution is -2.48. The summed E-state index contributed by atoms with van der Waals surface area (Å²) in [4.78, 5) is 1.12. The minimum absolute atomic E-state index is 0.262. The second-order valence-corrected chi connectivity index (χ2v) is 9.25. The molecular weight excluding hydrogens is 342 g/mol. The maximum Gasteiger partial charge on any atom is 0.140 e. The van der Waals surface area contributed by atoms with Gasteiger partial charge in [0.1, 0.15) is 22.0 Å². The fourth-order valence-electron chi connectivity index (χ4n) is 2.07. The minimum Gasteiger partial charge on any atom is -0.394 e. The van der Waals surface area contributed by atoms with E-state index in [0.29, 0.717) is 9.79 Å². The van der Waals surface area contributed by atoms with Gasteiger partial charge in [0.15, 0.2) is 0 Å². The van der Waals surface area contributed by atoms with Crippen LogP contribution < -0.4 is 0 Å². The summed E-state index contributed by atoms with van der Waals surface area (Å²) in [6.07, 6.45) is 0. The molecule has 0 spiro atoms. The van der Waals surface area contributed by atoms with Gasteiger partial charge in [-0.2, -0.15) is 0 Å². The molecule has 24 heavy (non-hydrogen) atoms. The van der Waals surface area contributed by atoms with Crippen LogP contribution in [0.4, 0.5) is 0 Å². The molecule has 0 amide bonds. The van der Waals surface area contributed by atoms with Gasteiger partial charge in [-0.25, -0.2) is 8.42 Å². The Hall–Kier alpha value is -1.34. The van der Waals surface area contributed by atoms with E-state index in [1.54, 1.807) is 38.1 Å². The van der Waals surface area contributed by atoms with Gasteiger partial charge in [-0.1, -0.05) is 35.4 Å². The molecule has 0 aliphatic heterocycles. The minimum atomic E-state index is -1.66. The van der Waals surface area contributed by atoms with Crippen molar-refractivity contribution >= 4 is 22.0 Å². The third kappa shape index (κ3) is 4.19. The first-order valence-corrected chi connectivity index (χ1v) is 9.86. The first kappa shape index (κ1) is 19.0. The van der Waals surface area contributed by atoms with Gasteiger partial charge in [0.25, 0.3) is 0 Å². The molecular formula is C18H23NO3S2. The Kier molecular flexibility index (Phi) is 6.09. The summed E-state index contributed by atoms with van der Waals surface area (Å²) in [5, 5.41) is 9.73. The summed E-state index contributed by atoms with van der Waals surface area (Å²) in [6, 6.07) is 14.5. The van der Waals surface area contributed by atoms with Crippen molar-refractivity contribution < 1.29 is 13.5 Å². The zero-order valence-electron chi connectivity index (χ0n) is 14.4. The molecule has 0 heterocycles. The maximum atomic E-state index is 13.1. The molecule has 0 radical (unpaired) electrons. The third-order valence-electron chi connectivity index (χ3n) is 3.63. The number of hydrogen-bond donors (Lipinski definition) is 1. The van der Waals surface area contributed by atoms with Crippen LogP contribution in [0.15, 0.2) is 58.3 Å². The van der Waals surface area contributed by atoms with Crippen LogP contribution in [0.2, 0.25) is 0 Å². The number of rotatable bonds is 6. The van der Waals surface area contributed by atoms with Crippen LogP contribution in [0, 0.1) is 13.8 Å². The van der Waals surface area contributed by atoms with Gasteiger partial charge in [-0.05, 0) is 52.0 Å². The van der Waals surface area contributed by atoms with E-state index < -0.39 is 27.5 Å². The average Bonchev–Trinajstić information content (AvgIpc) is 2.56. The van der Waals surface area contributed by atoms with E-state index in [0.717, 1.165) is 11.1 Å². The van der Waals surface area contributed by atoms with Crippen molar-refractivity contribution in [2.75, 3.05) is 6.61 Å². The van der Waals surface area contributed by atoms with Crippen LogP contribution in [0.25, 0.3) is 0 Å². The first-order chi connectivity index (χ1) is 11.3. The summed E-state index contributed by atoms with van der Waals surface area (Å²) in [5.74, 6) is 0. The summed E-state index contributed by atoms with van der Waals surface area (Å²) in [7, 11) is -3.32. The highest BCUT2D eigenvalue weighted by Crippen LogP contribution is 2.27. The molecule has 0 saturated heterocycles. The van der Waals surface area contributed by atoms with E-state index in [2.05, 4.69) is 0 Å². The van der Waals surface area contributed by atoms with Crippen LogP contribution >= 0.6 is 0 Å². The fraction of sp³-hybridized carbons (Fsp3) is 0.333. The number of aryl methyl sites for hydroxylation is 2. The Bertz CT molecular complexity index is 682. The smallest absolute Gasteiger partial charge is 0.140 e. The summed E-state index contributed by atoms with van der Waals surface area (Å²) in [5.41, 5.74) is 1.21. The Morgan fingerprint density at radius 1 is 0.833 bits per heavy atom. The molecule has 0 aliphatic rings. The molecule has 0 bridgehead atoms. The van der Waals surface area contributed by atoms with Gasteiger partial charge < -0.3 is 5.11 Å². The number of benzene rings is 2. The molecule has 2 aromatic carbocycles. The lowest BCUT2D eigenvalue weighted by atomic mass is 10.1. The van der Waals surface area contributed by atoms with Gasteiger partial charge in [0, 0.05) is 0 Å². The van der Waals surface area contributed by atoms with Crippen molar-refractivity contribution in [3.05, 3.63) is 59.7 Å². The number of hydrogen-bond acceptors (Lipinski definition) is 3. The van der Waals surface area contributed by atoms with Crippen molar-refractivity contribution in [1.29, 1.82) is 0 Å². The van der Waals surface area contributed by atoms with Crippen LogP contribution in [0.1, 0.15) is 25.0 Å². The van der Waals surface area contributed by atoms with Gasteiger partial charge in [-0.15, -0.1) is 3.71 Å². The molecule has 0 aliphatic carbocycles. The Labute approximate surface area is 148 Å². The van der Waals surface area contributed by atoms with E-state index in [4.69, 9.17) is 0 Å². The number of aliphatic hydroxyl groups is 1. The average molecular weight is 366 g/mol. The molecule has 2 rings (SSSR count). The highest BCUT2D eigenvalue weighted by atomic mass is 32.3. The quantitative estimate of drug-likeness (QED) is 0.856. The molecule has 0 aromatic heterocycles. The molecule has 130 valence electrons. The normalized spacial score (nSPS) is 14.6. The molecule has 4 nitrogen and oxygen atoms in total. The number of nitrogens with zero attached hydrogens (tertiary/aromatic N) is 1. The van der Waals surface area contributed by atoms with Crippen LogP contribution in [0.5, 0.6) is 0 Å². The second-order valence-electron chi connectivity index (χ2n) is 6.35. The molecule has 2 unspecified atom stereocenters. The van der Waals surface area contributed by atoms with E-state index in [9.17, 15) is 13.5 Å². The van der Waals surface area contributed by atoms with Gasteiger partial charge in [-0.3, -0.25) is 0 Å². The van der Waals surface area contributed by atoms with E-state index in [1.165, 1.54) is 3.71 Å². The van der Waals surface area contributed by atoms with Crippen molar-refractivity contribution in [2.24, 2.45) is 0 Å². The molecule has 0 saturated carbocycles. The van der Waals surface area contributed by atoms with Crippen LogP contribution in [0.3, 0.4) is 0 Å². The summed E-state index contributed by atoms with van der Waals surface area (Å²) < 4.78 is 27.5. The van der Waals surface area contributed by atoms with Crippen LogP contribution in [-0.4, -0.2) is 29.4 Å². The van der Waals surface area contributed by atoms with E-state index in [-0.39, 0.29) is 6.61 Å². The van der Waals surface area contributed by atoms with Crippen molar-refractivity contribution in [2.45, 2.75) is 43.0 Å². The highest BCUT2D eigenvalue weighted by Gasteiger charge is 2.37. The summed E-state index contributed by atoms with van der Waals surface area (Å²) >= 11 is 0. The Balaban J connectivity index is 2.45. The lowest BCUT2D eigenvalue weighted by molar-refractivity contribution is 0.171. The topological polar surface area (TPSA) is 57.6 Å². The van der Waals surface area contributed by atoms with E-state index in [1.807, 2.05) is 38.1 Å². The van der Waals surface area contributed by atoms with E-state index >= 15 is 0 Å². The number of aliphatic hydroxyl groups excluding tert-OH is 1. The molecule has 2 aromatic rings. The SMILES string of the molecule is Cc1ccc(S(=O)N(S(=O)c2ccc(C)cc2)C(C)(C)CO)cc1. The Morgan fingerprint density at radius 3 is 1.46 bits per heavy atom. The maximum absolute atomic E-state index is 13.1. The van der Waals surface area contributed by atoms with Gasteiger partial charge in [0.2, 0.25) is 0 Å². The third-order valence-corrected chi connectivity index (χ3v) is 7.38. The molecule has 6 heteroatoms. The predicted octanol–water partition coefficient (Wildman–Crippen LogP) is 3.12. The lowest BCUT2D eigenvalue weighted by Gasteiger charge is -2.34. The monoisotopic (exact) mass is 365 g/mol. The van der Waals surface area contributed by atoms with Gasteiger partial charge in [0.05, 0.1) is 21.9 Å². The van der Waals surface area contributed by atoms with Gasteiger partial charge >= 0.3 is 0 Å². The second kappa shape index (κ2) is 7.70. The highest BCUT2D eigenvalue weighted by molar-refractivity contribution is 7.97. The zero-order valence-corrected chi connectivity index (χ0v) is 16.0. The summed E-state index contributed by atoms with van der Waals surface area (Å²) in [6.45, 7) is 7.09.